The largest absolute Gasteiger partial charge is 0.284 e. The van der Waals surface area contributed by atoms with Gasteiger partial charge in [0.05, 0.1) is 11.9 Å². The first-order valence-corrected chi connectivity index (χ1v) is 5.05. The predicted octanol–water partition coefficient (Wildman–Crippen LogP) is 2.10. The Hall–Kier alpha value is -2.23. The topological polar surface area (TPSA) is 43.1 Å². The van der Waals surface area contributed by atoms with E-state index < -0.39 is 0 Å². The molecule has 3 rings (SSSR count). The molecule has 0 aliphatic rings. The van der Waals surface area contributed by atoms with Crippen LogP contribution in [0.4, 0.5) is 0 Å². The summed E-state index contributed by atoms with van der Waals surface area (Å²) in [7, 11) is 0. The Morgan fingerprint density at radius 2 is 2.06 bits per heavy atom. The molecule has 0 radical (unpaired) electrons. The molecule has 0 atom stereocenters. The van der Waals surface area contributed by atoms with E-state index in [1.54, 1.807) is 12.4 Å². The zero-order valence-electron chi connectivity index (χ0n) is 8.83. The molecule has 3 aromatic heterocycles. The molecule has 78 valence electrons. The maximum atomic E-state index is 4.27. The average molecular weight is 210 g/mol. The normalized spacial score (nSPS) is 10.8. The van der Waals surface area contributed by atoms with E-state index in [0.717, 1.165) is 16.8 Å². The molecular weight excluding hydrogens is 200 g/mol. The van der Waals surface area contributed by atoms with Crippen molar-refractivity contribution in [1.29, 1.82) is 0 Å². The standard InChI is InChI=1S/C12H10N4/c1-9-7-13-5-3-10(9)11-8-15-12-14-4-2-6-16(11)12/h2-8H,1H3. The van der Waals surface area contributed by atoms with E-state index in [2.05, 4.69) is 15.0 Å². The van der Waals surface area contributed by atoms with Gasteiger partial charge in [-0.25, -0.2) is 9.97 Å². The highest BCUT2D eigenvalue weighted by atomic mass is 15.1. The number of pyridine rings is 1. The van der Waals surface area contributed by atoms with E-state index in [9.17, 15) is 0 Å². The van der Waals surface area contributed by atoms with Crippen LogP contribution in [0.5, 0.6) is 0 Å². The summed E-state index contributed by atoms with van der Waals surface area (Å²) in [5.41, 5.74) is 3.31. The number of aromatic nitrogens is 4. The maximum Gasteiger partial charge on any atom is 0.234 e. The van der Waals surface area contributed by atoms with Crippen molar-refractivity contribution >= 4 is 5.78 Å². The molecule has 0 fully saturated rings. The molecule has 0 aromatic carbocycles. The van der Waals surface area contributed by atoms with Crippen LogP contribution in [0.3, 0.4) is 0 Å². The minimum Gasteiger partial charge on any atom is -0.284 e. The van der Waals surface area contributed by atoms with E-state index in [1.165, 1.54) is 0 Å². The molecule has 0 unspecified atom stereocenters. The number of hydrogen-bond acceptors (Lipinski definition) is 3. The zero-order chi connectivity index (χ0) is 11.0. The molecule has 4 heteroatoms. The van der Waals surface area contributed by atoms with Crippen molar-refractivity contribution in [2.45, 2.75) is 6.92 Å². The van der Waals surface area contributed by atoms with Crippen LogP contribution in [0, 0.1) is 6.92 Å². The first-order chi connectivity index (χ1) is 7.86. The van der Waals surface area contributed by atoms with Crippen molar-refractivity contribution in [3.63, 3.8) is 0 Å². The third kappa shape index (κ3) is 1.27. The summed E-state index contributed by atoms with van der Waals surface area (Å²) in [4.78, 5) is 12.6. The van der Waals surface area contributed by atoms with Crippen LogP contribution in [0.15, 0.2) is 43.1 Å². The Morgan fingerprint density at radius 1 is 1.12 bits per heavy atom. The Kier molecular flexibility index (Phi) is 1.93. The number of aryl methyl sites for hydroxylation is 1. The number of imidazole rings is 1. The third-order valence-electron chi connectivity index (χ3n) is 2.58. The molecule has 0 N–H and O–H groups in total. The van der Waals surface area contributed by atoms with Gasteiger partial charge in [0.2, 0.25) is 5.78 Å². The third-order valence-corrected chi connectivity index (χ3v) is 2.58. The van der Waals surface area contributed by atoms with Crippen molar-refractivity contribution in [3.05, 3.63) is 48.7 Å². The molecule has 4 nitrogen and oxygen atoms in total. The van der Waals surface area contributed by atoms with Crippen molar-refractivity contribution in [1.82, 2.24) is 19.4 Å². The van der Waals surface area contributed by atoms with E-state index in [1.807, 2.05) is 42.0 Å². The van der Waals surface area contributed by atoms with Crippen LogP contribution >= 0.6 is 0 Å². The van der Waals surface area contributed by atoms with Crippen LogP contribution in [-0.4, -0.2) is 19.4 Å². The van der Waals surface area contributed by atoms with Crippen molar-refractivity contribution in [2.24, 2.45) is 0 Å². The fourth-order valence-corrected chi connectivity index (χ4v) is 1.79. The van der Waals surface area contributed by atoms with Crippen LogP contribution in [0.2, 0.25) is 0 Å². The smallest absolute Gasteiger partial charge is 0.234 e. The van der Waals surface area contributed by atoms with Gasteiger partial charge in [0.15, 0.2) is 0 Å². The van der Waals surface area contributed by atoms with Gasteiger partial charge in [-0.3, -0.25) is 9.38 Å². The summed E-state index contributed by atoms with van der Waals surface area (Å²) < 4.78 is 1.97. The average Bonchev–Trinajstić information content (AvgIpc) is 2.74. The number of fused-ring (bicyclic) bond motifs is 1. The molecule has 0 spiro atoms. The van der Waals surface area contributed by atoms with Gasteiger partial charge >= 0.3 is 0 Å². The highest BCUT2D eigenvalue weighted by Crippen LogP contribution is 2.22. The van der Waals surface area contributed by atoms with E-state index in [0.29, 0.717) is 5.78 Å². The Labute approximate surface area is 92.6 Å². The quantitative estimate of drug-likeness (QED) is 0.617. The lowest BCUT2D eigenvalue weighted by atomic mass is 10.1. The summed E-state index contributed by atoms with van der Waals surface area (Å²) in [6.07, 6.45) is 9.18. The molecule has 0 aliphatic heterocycles. The molecule has 0 bridgehead atoms. The van der Waals surface area contributed by atoms with E-state index in [-0.39, 0.29) is 0 Å². The molecule has 0 saturated heterocycles. The van der Waals surface area contributed by atoms with Gasteiger partial charge in [-0.15, -0.1) is 0 Å². The first-order valence-electron chi connectivity index (χ1n) is 5.05. The SMILES string of the molecule is Cc1cnccc1-c1cnc2ncccn12. The first kappa shape index (κ1) is 9.03. The minimum atomic E-state index is 0.716. The molecule has 0 saturated carbocycles. The van der Waals surface area contributed by atoms with Gasteiger partial charge in [0.1, 0.15) is 0 Å². The molecule has 0 amide bonds. The van der Waals surface area contributed by atoms with Crippen LogP contribution in [0.25, 0.3) is 17.0 Å². The van der Waals surface area contributed by atoms with Crippen LogP contribution < -0.4 is 0 Å². The van der Waals surface area contributed by atoms with Gasteiger partial charge in [-0.1, -0.05) is 0 Å². The molecule has 3 heterocycles. The van der Waals surface area contributed by atoms with Gasteiger partial charge in [-0.05, 0) is 24.6 Å². The second-order valence-corrected chi connectivity index (χ2v) is 3.62. The summed E-state index contributed by atoms with van der Waals surface area (Å²) in [6.45, 7) is 2.04. The van der Waals surface area contributed by atoms with Gasteiger partial charge < -0.3 is 0 Å². The van der Waals surface area contributed by atoms with Crippen molar-refractivity contribution < 1.29 is 0 Å². The summed E-state index contributed by atoms with van der Waals surface area (Å²) >= 11 is 0. The van der Waals surface area contributed by atoms with Crippen molar-refractivity contribution in [3.8, 4) is 11.3 Å². The lowest BCUT2D eigenvalue weighted by Crippen LogP contribution is -1.91. The monoisotopic (exact) mass is 210 g/mol. The van der Waals surface area contributed by atoms with Crippen molar-refractivity contribution in [2.75, 3.05) is 0 Å². The highest BCUT2D eigenvalue weighted by molar-refractivity contribution is 5.65. The second kappa shape index (κ2) is 3.41. The van der Waals surface area contributed by atoms with Gasteiger partial charge in [0.25, 0.3) is 0 Å². The maximum absolute atomic E-state index is 4.27. The van der Waals surface area contributed by atoms with E-state index in [4.69, 9.17) is 0 Å². The molecule has 16 heavy (non-hydrogen) atoms. The Bertz CT molecular complexity index is 642. The highest BCUT2D eigenvalue weighted by Gasteiger charge is 2.07. The van der Waals surface area contributed by atoms with Gasteiger partial charge in [-0.2, -0.15) is 0 Å². The predicted molar refractivity (Wildman–Crippen MR) is 61.0 cm³/mol. The fraction of sp³-hybridized carbons (Fsp3) is 0.0833. The minimum absolute atomic E-state index is 0.716. The fourth-order valence-electron chi connectivity index (χ4n) is 1.79. The van der Waals surface area contributed by atoms with Crippen LogP contribution in [-0.2, 0) is 0 Å². The lowest BCUT2D eigenvalue weighted by molar-refractivity contribution is 1.11. The summed E-state index contributed by atoms with van der Waals surface area (Å²) in [6, 6.07) is 3.89. The second-order valence-electron chi connectivity index (χ2n) is 3.62. The van der Waals surface area contributed by atoms with E-state index >= 15 is 0 Å². The van der Waals surface area contributed by atoms with Crippen LogP contribution in [0.1, 0.15) is 5.56 Å². The Morgan fingerprint density at radius 3 is 2.94 bits per heavy atom. The molecule has 3 aromatic rings. The summed E-state index contributed by atoms with van der Waals surface area (Å²) in [5, 5.41) is 0. The molecular formula is C12H10N4. The summed E-state index contributed by atoms with van der Waals surface area (Å²) in [5.74, 6) is 0.716. The number of rotatable bonds is 1. The lowest BCUT2D eigenvalue weighted by Gasteiger charge is -2.03. The Balaban J connectivity index is 2.31. The van der Waals surface area contributed by atoms with Gasteiger partial charge in [0, 0.05) is 30.4 Å². The number of hydrogen-bond donors (Lipinski definition) is 0. The number of nitrogens with zero attached hydrogens (tertiary/aromatic N) is 4. The molecule has 0 aliphatic carbocycles. The zero-order valence-corrected chi connectivity index (χ0v) is 8.83.